The fourth-order valence-corrected chi connectivity index (χ4v) is 3.51. The molecule has 0 fully saturated rings. The predicted molar refractivity (Wildman–Crippen MR) is 96.3 cm³/mol. The summed E-state index contributed by atoms with van der Waals surface area (Å²) in [5.41, 5.74) is 5.14. The van der Waals surface area contributed by atoms with Gasteiger partial charge in [-0.25, -0.2) is 4.39 Å². The Hall–Kier alpha value is -2.45. The number of halogens is 1. The van der Waals surface area contributed by atoms with Gasteiger partial charge in [-0.15, -0.1) is 0 Å². The molecule has 1 N–H and O–H groups in total. The van der Waals surface area contributed by atoms with E-state index in [1.165, 1.54) is 11.1 Å². The molecule has 3 aromatic carbocycles. The second kappa shape index (κ2) is 6.58. The molecule has 0 aliphatic heterocycles. The minimum Gasteiger partial charge on any atom is -0.309 e. The summed E-state index contributed by atoms with van der Waals surface area (Å²) in [6.07, 6.45) is 2.05. The van der Waals surface area contributed by atoms with Crippen LogP contribution in [-0.4, -0.2) is 6.04 Å². The van der Waals surface area contributed by atoms with E-state index in [1.54, 1.807) is 0 Å². The highest BCUT2D eigenvalue weighted by atomic mass is 19.1. The van der Waals surface area contributed by atoms with Crippen LogP contribution in [0.4, 0.5) is 4.39 Å². The molecule has 24 heavy (non-hydrogen) atoms. The number of hydrogen-bond donors (Lipinski definition) is 1. The molecule has 1 aliphatic carbocycles. The summed E-state index contributed by atoms with van der Waals surface area (Å²) in [6.45, 7) is 0.561. The molecule has 0 aromatic heterocycles. The first-order valence-corrected chi connectivity index (χ1v) is 8.44. The smallest absolute Gasteiger partial charge is 0.135 e. The van der Waals surface area contributed by atoms with Gasteiger partial charge in [0.05, 0.1) is 0 Å². The Labute approximate surface area is 142 Å². The summed E-state index contributed by atoms with van der Waals surface area (Å²) in [5.74, 6) is -0.119. The largest absolute Gasteiger partial charge is 0.309 e. The fraction of sp³-hybridized carbons (Fsp3) is 0.182. The first-order valence-electron chi connectivity index (χ1n) is 8.44. The number of hydrogen-bond acceptors (Lipinski definition) is 1. The summed E-state index contributed by atoms with van der Waals surface area (Å²) >= 11 is 0. The average Bonchev–Trinajstić information content (AvgIpc) is 3.04. The zero-order chi connectivity index (χ0) is 16.4. The van der Waals surface area contributed by atoms with E-state index in [9.17, 15) is 4.39 Å². The Morgan fingerprint density at radius 1 is 0.792 bits per heavy atom. The molecule has 0 spiro atoms. The highest BCUT2D eigenvalue weighted by Crippen LogP contribution is 2.26. The van der Waals surface area contributed by atoms with Crippen molar-refractivity contribution in [3.8, 4) is 11.1 Å². The monoisotopic (exact) mass is 317 g/mol. The van der Waals surface area contributed by atoms with Crippen molar-refractivity contribution in [2.45, 2.75) is 25.4 Å². The SMILES string of the molecule is Fc1c(CNC2Cc3ccccc3C2)cccc1-c1ccccc1. The van der Waals surface area contributed by atoms with Crippen molar-refractivity contribution in [3.05, 3.63) is 95.3 Å². The second-order valence-corrected chi connectivity index (χ2v) is 6.40. The zero-order valence-electron chi connectivity index (χ0n) is 13.5. The number of rotatable bonds is 4. The Morgan fingerprint density at radius 3 is 2.17 bits per heavy atom. The van der Waals surface area contributed by atoms with E-state index in [0.29, 0.717) is 18.2 Å². The van der Waals surface area contributed by atoms with E-state index >= 15 is 0 Å². The first-order chi connectivity index (χ1) is 11.8. The molecule has 0 bridgehead atoms. The minimum atomic E-state index is -0.119. The van der Waals surface area contributed by atoms with E-state index in [1.807, 2.05) is 48.5 Å². The summed E-state index contributed by atoms with van der Waals surface area (Å²) in [4.78, 5) is 0. The molecule has 0 heterocycles. The second-order valence-electron chi connectivity index (χ2n) is 6.40. The van der Waals surface area contributed by atoms with E-state index in [2.05, 4.69) is 29.6 Å². The molecular weight excluding hydrogens is 297 g/mol. The van der Waals surface area contributed by atoms with Crippen LogP contribution in [-0.2, 0) is 19.4 Å². The normalized spacial score (nSPS) is 13.9. The molecular formula is C22H20FN. The maximum absolute atomic E-state index is 14.9. The molecule has 3 aromatic rings. The predicted octanol–water partition coefficient (Wildman–Crippen LogP) is 4.75. The summed E-state index contributed by atoms with van der Waals surface area (Å²) in [6, 6.07) is 24.3. The lowest BCUT2D eigenvalue weighted by atomic mass is 10.0. The van der Waals surface area contributed by atoms with Crippen molar-refractivity contribution in [3.63, 3.8) is 0 Å². The van der Waals surface area contributed by atoms with Gasteiger partial charge >= 0.3 is 0 Å². The summed E-state index contributed by atoms with van der Waals surface area (Å²) < 4.78 is 14.9. The van der Waals surface area contributed by atoms with Crippen LogP contribution in [0, 0.1) is 5.82 Å². The molecule has 0 saturated carbocycles. The molecule has 4 rings (SSSR count). The van der Waals surface area contributed by atoms with Crippen LogP contribution in [0.25, 0.3) is 11.1 Å². The maximum Gasteiger partial charge on any atom is 0.135 e. The standard InChI is InChI=1S/C22H20FN/c23-22-19(11-6-12-21(22)16-7-2-1-3-8-16)15-24-20-13-17-9-4-5-10-18(17)14-20/h1-12,20,24H,13-15H2. The average molecular weight is 317 g/mol. The molecule has 0 saturated heterocycles. The number of fused-ring (bicyclic) bond motifs is 1. The third kappa shape index (κ3) is 2.98. The van der Waals surface area contributed by atoms with Crippen LogP contribution in [0.2, 0.25) is 0 Å². The topological polar surface area (TPSA) is 12.0 Å². The van der Waals surface area contributed by atoms with Gasteiger partial charge < -0.3 is 5.32 Å². The molecule has 0 radical (unpaired) electrons. The third-order valence-corrected chi connectivity index (χ3v) is 4.80. The zero-order valence-corrected chi connectivity index (χ0v) is 13.5. The van der Waals surface area contributed by atoms with Gasteiger partial charge in [-0.3, -0.25) is 0 Å². The summed E-state index contributed by atoms with van der Waals surface area (Å²) in [7, 11) is 0. The molecule has 0 amide bonds. The van der Waals surface area contributed by atoms with Crippen molar-refractivity contribution >= 4 is 0 Å². The van der Waals surface area contributed by atoms with Crippen LogP contribution in [0.5, 0.6) is 0 Å². The van der Waals surface area contributed by atoms with Crippen LogP contribution in [0.15, 0.2) is 72.8 Å². The van der Waals surface area contributed by atoms with Crippen LogP contribution < -0.4 is 5.32 Å². The Kier molecular flexibility index (Phi) is 4.14. The summed E-state index contributed by atoms with van der Waals surface area (Å²) in [5, 5.41) is 3.52. The molecule has 2 heteroatoms. The molecule has 0 atom stereocenters. The van der Waals surface area contributed by atoms with Crippen molar-refractivity contribution < 1.29 is 4.39 Å². The van der Waals surface area contributed by atoms with Gasteiger partial charge in [-0.05, 0) is 29.5 Å². The number of benzene rings is 3. The number of nitrogens with one attached hydrogen (secondary N) is 1. The van der Waals surface area contributed by atoms with Gasteiger partial charge in [0.1, 0.15) is 5.82 Å². The quantitative estimate of drug-likeness (QED) is 0.732. The van der Waals surface area contributed by atoms with Gasteiger partial charge in [0.25, 0.3) is 0 Å². The Morgan fingerprint density at radius 2 is 1.46 bits per heavy atom. The van der Waals surface area contributed by atoms with Gasteiger partial charge in [0.15, 0.2) is 0 Å². The van der Waals surface area contributed by atoms with Gasteiger partial charge in [0, 0.05) is 23.7 Å². The van der Waals surface area contributed by atoms with Crippen LogP contribution in [0.3, 0.4) is 0 Å². The molecule has 120 valence electrons. The van der Waals surface area contributed by atoms with Crippen molar-refractivity contribution in [2.24, 2.45) is 0 Å². The Bertz CT molecular complexity index is 817. The van der Waals surface area contributed by atoms with E-state index in [4.69, 9.17) is 0 Å². The van der Waals surface area contributed by atoms with Crippen molar-refractivity contribution in [1.82, 2.24) is 5.32 Å². The van der Waals surface area contributed by atoms with Crippen LogP contribution >= 0.6 is 0 Å². The highest BCUT2D eigenvalue weighted by molar-refractivity contribution is 5.64. The highest BCUT2D eigenvalue weighted by Gasteiger charge is 2.20. The van der Waals surface area contributed by atoms with Crippen LogP contribution in [0.1, 0.15) is 16.7 Å². The van der Waals surface area contributed by atoms with Crippen molar-refractivity contribution in [2.75, 3.05) is 0 Å². The lowest BCUT2D eigenvalue weighted by Gasteiger charge is -2.14. The van der Waals surface area contributed by atoms with Gasteiger partial charge in [-0.2, -0.15) is 0 Å². The first kappa shape index (κ1) is 15.1. The van der Waals surface area contributed by atoms with E-state index < -0.39 is 0 Å². The minimum absolute atomic E-state index is 0.119. The van der Waals surface area contributed by atoms with Gasteiger partial charge in [0.2, 0.25) is 0 Å². The third-order valence-electron chi connectivity index (χ3n) is 4.80. The molecule has 1 aliphatic rings. The van der Waals surface area contributed by atoms with E-state index in [-0.39, 0.29) is 5.82 Å². The van der Waals surface area contributed by atoms with Crippen molar-refractivity contribution in [1.29, 1.82) is 0 Å². The maximum atomic E-state index is 14.9. The lowest BCUT2D eigenvalue weighted by molar-refractivity contribution is 0.516. The lowest BCUT2D eigenvalue weighted by Crippen LogP contribution is -2.29. The van der Waals surface area contributed by atoms with Gasteiger partial charge in [-0.1, -0.05) is 72.8 Å². The molecule has 1 nitrogen and oxygen atoms in total. The van der Waals surface area contributed by atoms with E-state index in [0.717, 1.165) is 24.0 Å². The molecule has 0 unspecified atom stereocenters. The Balaban J connectivity index is 1.48. The fourth-order valence-electron chi connectivity index (χ4n) is 3.51.